The van der Waals surface area contributed by atoms with Gasteiger partial charge in [-0.3, -0.25) is 5.73 Å². The molecule has 0 spiro atoms. The molecule has 1 rings (SSSR count). The number of halogens is 1. The average Bonchev–Trinajstić information content (AvgIpc) is 2.59. The molecule has 0 atom stereocenters. The molecule has 0 amide bonds. The Bertz CT molecular complexity index is 405. The van der Waals surface area contributed by atoms with Crippen LogP contribution in [0, 0.1) is 10.1 Å². The third-order valence-electron chi connectivity index (χ3n) is 1.59. The predicted octanol–water partition coefficient (Wildman–Crippen LogP) is 2.11. The van der Waals surface area contributed by atoms with Gasteiger partial charge in [-0.05, 0) is 11.2 Å². The molecule has 0 unspecified atom stereocenters. The van der Waals surface area contributed by atoms with Gasteiger partial charge in [-0.25, -0.2) is 4.98 Å². The van der Waals surface area contributed by atoms with Gasteiger partial charge in [0, 0.05) is 17.5 Å². The molecule has 0 aliphatic carbocycles. The zero-order valence-electron chi connectivity index (χ0n) is 7.77. The van der Waals surface area contributed by atoms with E-state index in [4.69, 9.17) is 17.3 Å². The van der Waals surface area contributed by atoms with Crippen LogP contribution in [0.1, 0.15) is 4.88 Å². The van der Waals surface area contributed by atoms with Gasteiger partial charge in [0.15, 0.2) is 4.47 Å². The van der Waals surface area contributed by atoms with Crippen molar-refractivity contribution < 1.29 is 4.92 Å². The lowest BCUT2D eigenvalue weighted by molar-refractivity contribution is -0.427. The first-order valence-electron chi connectivity index (χ1n) is 3.81. The molecule has 2 N–H and O–H groups in total. The van der Waals surface area contributed by atoms with Crippen LogP contribution in [0.3, 0.4) is 0 Å². The van der Waals surface area contributed by atoms with Gasteiger partial charge in [0.2, 0.25) is 0 Å². The topological polar surface area (TPSA) is 82.0 Å². The van der Waals surface area contributed by atoms with Crippen molar-refractivity contribution in [2.75, 3.05) is 6.26 Å². The molecule has 0 saturated heterocycles. The second-order valence-electron chi connectivity index (χ2n) is 2.53. The Balaban J connectivity index is 2.87. The fourth-order valence-electron chi connectivity index (χ4n) is 0.893. The van der Waals surface area contributed by atoms with Gasteiger partial charge in [0.1, 0.15) is 0 Å². The number of nitrogens with zero attached hydrogens (tertiary/aromatic N) is 2. The number of nitrogens with two attached hydrogens (primary N) is 1. The van der Waals surface area contributed by atoms with E-state index in [1.54, 1.807) is 12.5 Å². The lowest BCUT2D eigenvalue weighted by Gasteiger charge is -2.02. The molecule has 15 heavy (non-hydrogen) atoms. The van der Waals surface area contributed by atoms with Crippen molar-refractivity contribution in [2.45, 2.75) is 6.42 Å². The van der Waals surface area contributed by atoms with Crippen LogP contribution >= 0.6 is 34.7 Å². The van der Waals surface area contributed by atoms with Crippen molar-refractivity contribution >= 4 is 34.7 Å². The van der Waals surface area contributed by atoms with Crippen molar-refractivity contribution in [3.8, 4) is 0 Å². The van der Waals surface area contributed by atoms with Crippen molar-refractivity contribution in [1.82, 2.24) is 4.98 Å². The van der Waals surface area contributed by atoms with Crippen LogP contribution in [0.15, 0.2) is 16.9 Å². The quantitative estimate of drug-likeness (QED) is 0.666. The highest BCUT2D eigenvalue weighted by molar-refractivity contribution is 8.02. The molecule has 0 radical (unpaired) electrons. The van der Waals surface area contributed by atoms with Gasteiger partial charge in [0.05, 0.1) is 4.91 Å². The maximum absolute atomic E-state index is 10.5. The van der Waals surface area contributed by atoms with E-state index in [1.807, 2.05) is 0 Å². The maximum atomic E-state index is 10.5. The molecule has 1 aromatic heterocycles. The first-order chi connectivity index (χ1) is 7.04. The summed E-state index contributed by atoms with van der Waals surface area (Å²) >= 11 is 8.20. The lowest BCUT2D eigenvalue weighted by Crippen LogP contribution is -2.12. The second-order valence-corrected chi connectivity index (χ2v) is 5.12. The van der Waals surface area contributed by atoms with Crippen LogP contribution in [-0.2, 0) is 6.42 Å². The number of rotatable bonds is 4. The number of thioether (sulfide) groups is 1. The summed E-state index contributed by atoms with van der Waals surface area (Å²) < 4.78 is 0.421. The van der Waals surface area contributed by atoms with Crippen LogP contribution in [0.25, 0.3) is 0 Å². The summed E-state index contributed by atoms with van der Waals surface area (Å²) in [7, 11) is 0. The van der Waals surface area contributed by atoms with E-state index in [2.05, 4.69) is 4.98 Å². The summed E-state index contributed by atoms with van der Waals surface area (Å²) in [5, 5.41) is 10.5. The average molecular weight is 266 g/mol. The van der Waals surface area contributed by atoms with Gasteiger partial charge >= 0.3 is 5.82 Å². The summed E-state index contributed by atoms with van der Waals surface area (Å²) in [5.41, 5.74) is 5.34. The molecule has 0 fully saturated rings. The van der Waals surface area contributed by atoms with Crippen LogP contribution < -0.4 is 5.73 Å². The molecular formula is C7H8ClN3O2S2. The van der Waals surface area contributed by atoms with Crippen molar-refractivity contribution in [2.24, 2.45) is 5.73 Å². The summed E-state index contributed by atoms with van der Waals surface area (Å²) in [6.07, 6.45) is 3.74. The molecule has 82 valence electrons. The normalized spacial score (nSPS) is 12.4. The molecule has 0 aliphatic heterocycles. The smallest absolute Gasteiger partial charge is 0.323 e. The Kier molecular flexibility index (Phi) is 4.37. The van der Waals surface area contributed by atoms with Gasteiger partial charge in [0.25, 0.3) is 0 Å². The number of nitro groups is 1. The number of aromatic nitrogens is 1. The SMILES string of the molecule is CSC(Cc1cnc(Cl)s1)=C(N)[N+](=O)[O-]. The van der Waals surface area contributed by atoms with Crippen molar-refractivity contribution in [3.05, 3.63) is 36.4 Å². The molecule has 0 aromatic carbocycles. The number of thiazole rings is 1. The Labute approximate surface area is 99.5 Å². The number of allylic oxidation sites excluding steroid dienone is 1. The lowest BCUT2D eigenvalue weighted by atomic mass is 10.3. The largest absolute Gasteiger partial charge is 0.358 e. The highest BCUT2D eigenvalue weighted by atomic mass is 35.5. The highest BCUT2D eigenvalue weighted by Crippen LogP contribution is 2.25. The Morgan fingerprint density at radius 3 is 2.93 bits per heavy atom. The Morgan fingerprint density at radius 2 is 2.53 bits per heavy atom. The second kappa shape index (κ2) is 5.34. The first kappa shape index (κ1) is 12.3. The van der Waals surface area contributed by atoms with Crippen LogP contribution in [0.2, 0.25) is 4.47 Å². The zero-order chi connectivity index (χ0) is 11.4. The van der Waals surface area contributed by atoms with Gasteiger partial charge in [-0.1, -0.05) is 11.6 Å². The molecule has 5 nitrogen and oxygen atoms in total. The minimum Gasteiger partial charge on any atom is -0.358 e. The third-order valence-corrected chi connectivity index (χ3v) is 3.55. The van der Waals surface area contributed by atoms with Crippen LogP contribution in [0.5, 0.6) is 0 Å². The molecule has 0 aliphatic rings. The van der Waals surface area contributed by atoms with Crippen LogP contribution in [-0.4, -0.2) is 16.2 Å². The third kappa shape index (κ3) is 3.37. The summed E-state index contributed by atoms with van der Waals surface area (Å²) in [6.45, 7) is 0. The van der Waals surface area contributed by atoms with Gasteiger partial charge in [-0.2, -0.15) is 0 Å². The van der Waals surface area contributed by atoms with Gasteiger partial charge in [-0.15, -0.1) is 23.1 Å². The van der Waals surface area contributed by atoms with Crippen molar-refractivity contribution in [3.63, 3.8) is 0 Å². The van der Waals surface area contributed by atoms with E-state index in [9.17, 15) is 10.1 Å². The number of hydrogen-bond donors (Lipinski definition) is 1. The van der Waals surface area contributed by atoms with E-state index >= 15 is 0 Å². The highest BCUT2D eigenvalue weighted by Gasteiger charge is 2.13. The monoisotopic (exact) mass is 265 g/mol. The van der Waals surface area contributed by atoms with Crippen LogP contribution in [0.4, 0.5) is 0 Å². The molecule has 1 aromatic rings. The standard InChI is InChI=1S/C7H8ClN3O2S2/c1-14-5(6(9)11(12)13)2-4-3-10-7(8)15-4/h3H,2,9H2,1H3. The fourth-order valence-corrected chi connectivity index (χ4v) is 2.56. The molecule has 1 heterocycles. The summed E-state index contributed by atoms with van der Waals surface area (Å²) in [6, 6.07) is 0. The predicted molar refractivity (Wildman–Crippen MR) is 62.6 cm³/mol. The summed E-state index contributed by atoms with van der Waals surface area (Å²) in [5.74, 6) is -0.313. The fraction of sp³-hybridized carbons (Fsp3) is 0.286. The van der Waals surface area contributed by atoms with Gasteiger partial charge < -0.3 is 10.1 Å². The minimum absolute atomic E-state index is 0.313. The first-order valence-corrected chi connectivity index (χ1v) is 6.23. The Morgan fingerprint density at radius 1 is 1.87 bits per heavy atom. The van der Waals surface area contributed by atoms with E-state index < -0.39 is 4.92 Å². The van der Waals surface area contributed by atoms with Crippen molar-refractivity contribution in [1.29, 1.82) is 0 Å². The van der Waals surface area contributed by atoms with E-state index in [-0.39, 0.29) is 5.82 Å². The molecule has 0 bridgehead atoms. The molecule has 8 heteroatoms. The number of hydrogen-bond acceptors (Lipinski definition) is 6. The van der Waals surface area contributed by atoms with E-state index in [0.717, 1.165) is 4.88 Å². The Hall–Kier alpha value is -0.790. The van der Waals surface area contributed by atoms with E-state index in [0.29, 0.717) is 15.8 Å². The molecular weight excluding hydrogens is 258 g/mol. The summed E-state index contributed by atoms with van der Waals surface area (Å²) in [4.78, 5) is 15.1. The van der Waals surface area contributed by atoms with E-state index in [1.165, 1.54) is 23.1 Å². The minimum atomic E-state index is -0.589. The molecule has 0 saturated carbocycles. The zero-order valence-corrected chi connectivity index (χ0v) is 10.2. The maximum Gasteiger partial charge on any atom is 0.323 e.